The molecule has 2 fully saturated rings. The summed E-state index contributed by atoms with van der Waals surface area (Å²) in [6.07, 6.45) is 0. The molecule has 0 aliphatic carbocycles. The highest BCUT2D eigenvalue weighted by molar-refractivity contribution is 6.07. The van der Waals surface area contributed by atoms with Crippen molar-refractivity contribution in [1.29, 1.82) is 0 Å². The van der Waals surface area contributed by atoms with Crippen LogP contribution < -0.4 is 11.1 Å². The quantitative estimate of drug-likeness (QED) is 0.150. The molecular formula is C46H52N6O5. The average Bonchev–Trinajstić information content (AvgIpc) is 3.25. The van der Waals surface area contributed by atoms with Crippen molar-refractivity contribution in [3.63, 3.8) is 0 Å². The van der Waals surface area contributed by atoms with Crippen LogP contribution >= 0.6 is 0 Å². The van der Waals surface area contributed by atoms with E-state index in [1.54, 1.807) is 6.07 Å². The number of nitrogens with two attached hydrogens (primary N) is 1. The number of aromatic nitrogens is 2. The Morgan fingerprint density at radius 3 is 1.58 bits per heavy atom. The van der Waals surface area contributed by atoms with E-state index in [9.17, 15) is 14.7 Å². The molecule has 0 spiro atoms. The fourth-order valence-corrected chi connectivity index (χ4v) is 6.81. The number of pyridine rings is 2. The number of nitrogens with zero attached hydrogens (tertiary/aromatic N) is 4. The number of hydrogen-bond acceptors (Lipinski definition) is 9. The topological polar surface area (TPSA) is 143 Å². The van der Waals surface area contributed by atoms with Gasteiger partial charge in [0.1, 0.15) is 0 Å². The van der Waals surface area contributed by atoms with Gasteiger partial charge in [0.05, 0.1) is 60.0 Å². The molecule has 0 unspecified atom stereocenters. The van der Waals surface area contributed by atoms with Gasteiger partial charge in [-0.05, 0) is 50.2 Å². The van der Waals surface area contributed by atoms with E-state index in [0.717, 1.165) is 111 Å². The Balaban J connectivity index is 0.000000164. The number of carbonyl (C=O) groups excluding carboxylic acids is 1. The van der Waals surface area contributed by atoms with Crippen LogP contribution in [0.15, 0.2) is 109 Å². The molecule has 4 heterocycles. The third-order valence-corrected chi connectivity index (χ3v) is 9.91. The molecule has 296 valence electrons. The van der Waals surface area contributed by atoms with Crippen molar-refractivity contribution >= 4 is 33.7 Å². The first-order chi connectivity index (χ1) is 27.8. The molecule has 4 N–H and O–H groups in total. The molecule has 0 bridgehead atoms. The maximum Gasteiger partial charge on any atom is 0.336 e. The molecule has 8 rings (SSSR count). The summed E-state index contributed by atoms with van der Waals surface area (Å²) in [5.41, 5.74) is 13.4. The molecule has 0 radical (unpaired) electrons. The Bertz CT molecular complexity index is 2240. The number of carboxylic acids is 1. The summed E-state index contributed by atoms with van der Waals surface area (Å²) in [6.45, 7) is 14.4. The molecule has 6 aromatic rings. The summed E-state index contributed by atoms with van der Waals surface area (Å²) in [5.74, 6) is -0.983. The lowest BCUT2D eigenvalue weighted by molar-refractivity contribution is 0.0383. The Labute approximate surface area is 334 Å². The van der Waals surface area contributed by atoms with E-state index in [-0.39, 0.29) is 11.5 Å². The number of fused-ring (bicyclic) bond motifs is 2. The summed E-state index contributed by atoms with van der Waals surface area (Å²) < 4.78 is 10.5. The Morgan fingerprint density at radius 2 is 1.11 bits per heavy atom. The number of benzene rings is 4. The summed E-state index contributed by atoms with van der Waals surface area (Å²) in [7, 11) is 0. The van der Waals surface area contributed by atoms with E-state index in [4.69, 9.17) is 20.2 Å². The molecule has 2 saturated heterocycles. The number of carboxylic acid groups (broad SMARTS) is 1. The van der Waals surface area contributed by atoms with Gasteiger partial charge in [0.25, 0.3) is 5.91 Å². The first-order valence-corrected chi connectivity index (χ1v) is 19.5. The van der Waals surface area contributed by atoms with E-state index >= 15 is 0 Å². The molecule has 2 aliphatic rings. The van der Waals surface area contributed by atoms with E-state index in [1.165, 1.54) is 0 Å². The number of morpholine rings is 2. The highest BCUT2D eigenvalue weighted by Gasteiger charge is 2.16. The monoisotopic (exact) mass is 768 g/mol. The minimum atomic E-state index is -0.930. The van der Waals surface area contributed by atoms with E-state index in [2.05, 4.69) is 20.1 Å². The smallest absolute Gasteiger partial charge is 0.336 e. The highest BCUT2D eigenvalue weighted by atomic mass is 16.5. The first kappa shape index (κ1) is 41.1. The molecule has 0 atom stereocenters. The van der Waals surface area contributed by atoms with E-state index in [1.807, 2.05) is 117 Å². The van der Waals surface area contributed by atoms with E-state index < -0.39 is 5.97 Å². The van der Waals surface area contributed by atoms with Crippen molar-refractivity contribution in [3.8, 4) is 22.5 Å². The van der Waals surface area contributed by atoms with Gasteiger partial charge in [-0.2, -0.15) is 0 Å². The largest absolute Gasteiger partial charge is 0.478 e. The van der Waals surface area contributed by atoms with Crippen molar-refractivity contribution < 1.29 is 24.2 Å². The van der Waals surface area contributed by atoms with Gasteiger partial charge in [-0.15, -0.1) is 0 Å². The summed E-state index contributed by atoms with van der Waals surface area (Å²) in [5, 5.41) is 14.1. The third kappa shape index (κ3) is 11.5. The minimum absolute atomic E-state index is 0.0524. The Hall–Kier alpha value is -5.56. The minimum Gasteiger partial charge on any atom is -0.478 e. The summed E-state index contributed by atoms with van der Waals surface area (Å²) >= 11 is 0. The van der Waals surface area contributed by atoms with Gasteiger partial charge in [0.15, 0.2) is 0 Å². The molecule has 4 aromatic carbocycles. The summed E-state index contributed by atoms with van der Waals surface area (Å²) in [6, 6.07) is 34.8. The van der Waals surface area contributed by atoms with Gasteiger partial charge >= 0.3 is 5.97 Å². The third-order valence-electron chi connectivity index (χ3n) is 9.91. The fourth-order valence-electron chi connectivity index (χ4n) is 6.81. The molecule has 2 aromatic heterocycles. The van der Waals surface area contributed by atoms with Crippen LogP contribution in [-0.4, -0.2) is 116 Å². The highest BCUT2D eigenvalue weighted by Crippen LogP contribution is 2.27. The lowest BCUT2D eigenvalue weighted by Gasteiger charge is -2.26. The second kappa shape index (κ2) is 20.6. The predicted molar refractivity (Wildman–Crippen MR) is 227 cm³/mol. The van der Waals surface area contributed by atoms with Crippen molar-refractivity contribution in [2.24, 2.45) is 5.73 Å². The predicted octanol–water partition coefficient (Wildman–Crippen LogP) is 6.46. The number of nitrogens with one attached hydrogen (secondary N) is 1. The van der Waals surface area contributed by atoms with Crippen molar-refractivity contribution in [2.75, 3.05) is 78.8 Å². The molecule has 0 saturated carbocycles. The van der Waals surface area contributed by atoms with Gasteiger partial charge in [-0.25, -0.2) is 14.8 Å². The van der Waals surface area contributed by atoms with Gasteiger partial charge < -0.3 is 25.6 Å². The maximum atomic E-state index is 13.0. The van der Waals surface area contributed by atoms with E-state index in [0.29, 0.717) is 28.7 Å². The average molecular weight is 769 g/mol. The molecular weight excluding hydrogens is 717 g/mol. The van der Waals surface area contributed by atoms with Gasteiger partial charge in [0.2, 0.25) is 0 Å². The maximum absolute atomic E-state index is 13.0. The zero-order valence-electron chi connectivity index (χ0n) is 32.8. The molecule has 11 heteroatoms. The number of aromatic carboxylic acids is 1. The number of aryl methyl sites for hydroxylation is 2. The number of carbonyl (C=O) groups is 2. The zero-order valence-corrected chi connectivity index (χ0v) is 32.8. The Morgan fingerprint density at radius 1 is 0.649 bits per heavy atom. The van der Waals surface area contributed by atoms with Crippen LogP contribution in [-0.2, 0) is 9.47 Å². The molecule has 1 amide bonds. The molecule has 57 heavy (non-hydrogen) atoms. The lowest BCUT2D eigenvalue weighted by Crippen LogP contribution is -2.41. The van der Waals surface area contributed by atoms with Gasteiger partial charge in [0, 0.05) is 74.3 Å². The normalized spacial score (nSPS) is 14.6. The second-order valence-electron chi connectivity index (χ2n) is 14.1. The van der Waals surface area contributed by atoms with Gasteiger partial charge in [-0.3, -0.25) is 14.6 Å². The van der Waals surface area contributed by atoms with Crippen molar-refractivity contribution in [2.45, 2.75) is 13.8 Å². The second-order valence-corrected chi connectivity index (χ2v) is 14.1. The van der Waals surface area contributed by atoms with Crippen molar-refractivity contribution in [3.05, 3.63) is 131 Å². The molecule has 2 aliphatic heterocycles. The van der Waals surface area contributed by atoms with Crippen LogP contribution in [0.3, 0.4) is 0 Å². The Kier molecular flexibility index (Phi) is 14.8. The SMILES string of the molecule is Cc1ccc2nc(-c3ccccc3)cc(C(=O)NCCN3CCOCC3)c2c1.Cc1ccc2nc(-c3ccccc3)cc(C(=O)O)c2c1.NCCN1CCOCC1. The summed E-state index contributed by atoms with van der Waals surface area (Å²) in [4.78, 5) is 38.5. The number of hydrogen-bond donors (Lipinski definition) is 3. The first-order valence-electron chi connectivity index (χ1n) is 19.5. The zero-order chi connectivity index (χ0) is 40.0. The van der Waals surface area contributed by atoms with Crippen LogP contribution in [0.1, 0.15) is 31.8 Å². The standard InChI is InChI=1S/C23H25N3O2.C17H13NO2.C6H14N2O/c1-17-7-8-21-19(15-17)20(16-22(25-21)18-5-3-2-4-6-18)23(27)24-9-10-26-11-13-28-14-12-26;1-11-7-8-15-13(9-11)14(17(19)20)10-16(18-15)12-5-3-2-4-6-12;7-1-2-8-3-5-9-6-4-8/h2-8,15-16H,9-14H2,1H3,(H,24,27);2-10H,1H3,(H,19,20);1-7H2. The van der Waals surface area contributed by atoms with Crippen LogP contribution in [0.4, 0.5) is 0 Å². The fraction of sp³-hybridized carbons (Fsp3) is 0.304. The number of ether oxygens (including phenoxy) is 2. The van der Waals surface area contributed by atoms with Crippen molar-refractivity contribution in [1.82, 2.24) is 25.1 Å². The number of amides is 1. The molecule has 11 nitrogen and oxygen atoms in total. The number of rotatable bonds is 9. The van der Waals surface area contributed by atoms with Crippen LogP contribution in [0, 0.1) is 13.8 Å². The lowest BCUT2D eigenvalue weighted by atomic mass is 10.0. The van der Waals surface area contributed by atoms with Crippen LogP contribution in [0.5, 0.6) is 0 Å². The van der Waals surface area contributed by atoms with Gasteiger partial charge in [-0.1, -0.05) is 83.9 Å². The van der Waals surface area contributed by atoms with Crippen LogP contribution in [0.2, 0.25) is 0 Å². The van der Waals surface area contributed by atoms with Crippen LogP contribution in [0.25, 0.3) is 44.3 Å².